The summed E-state index contributed by atoms with van der Waals surface area (Å²) in [6.45, 7) is 3.39. The maximum atomic E-state index is 13.8. The number of rotatable bonds is 10. The number of carbonyl (C=O) groups is 2. The zero-order valence-electron chi connectivity index (χ0n) is 23.5. The first kappa shape index (κ1) is 29.0. The molecular weight excluding hydrogens is 512 g/mol. The number of methoxy groups -OCH3 is 3. The van der Waals surface area contributed by atoms with E-state index in [-0.39, 0.29) is 19.6 Å². The van der Waals surface area contributed by atoms with Crippen LogP contribution in [0.1, 0.15) is 42.9 Å². The monoisotopic (exact) mass is 548 g/mol. The molecule has 1 aliphatic carbocycles. The molecule has 0 heterocycles. The lowest BCUT2D eigenvalue weighted by molar-refractivity contribution is -0.180. The van der Waals surface area contributed by atoms with Crippen molar-refractivity contribution in [2.45, 2.75) is 37.7 Å². The molecule has 1 aliphatic rings. The van der Waals surface area contributed by atoms with Crippen molar-refractivity contribution < 1.29 is 38.4 Å². The Morgan fingerprint density at radius 2 is 1.23 bits per heavy atom. The van der Waals surface area contributed by atoms with Gasteiger partial charge in [-0.2, -0.15) is 0 Å². The normalized spacial score (nSPS) is 18.9. The van der Waals surface area contributed by atoms with E-state index in [2.05, 4.69) is 0 Å². The van der Waals surface area contributed by atoms with Gasteiger partial charge in [-0.3, -0.25) is 9.59 Å². The summed E-state index contributed by atoms with van der Waals surface area (Å²) in [6, 6.07) is 22.4. The van der Waals surface area contributed by atoms with E-state index in [1.807, 2.05) is 60.7 Å². The van der Waals surface area contributed by atoms with E-state index in [0.717, 1.165) is 11.1 Å². The van der Waals surface area contributed by atoms with Crippen molar-refractivity contribution in [3.63, 3.8) is 0 Å². The van der Waals surface area contributed by atoms with E-state index in [4.69, 9.17) is 23.7 Å². The Balaban J connectivity index is 2.14. The maximum absolute atomic E-state index is 13.8. The van der Waals surface area contributed by atoms with Gasteiger partial charge in [-0.1, -0.05) is 60.7 Å². The lowest BCUT2D eigenvalue weighted by Crippen LogP contribution is -2.53. The molecular formula is C32H36O8. The molecule has 40 heavy (non-hydrogen) atoms. The number of aliphatic hydroxyl groups is 1. The average molecular weight is 549 g/mol. The van der Waals surface area contributed by atoms with Gasteiger partial charge in [-0.15, -0.1) is 0 Å². The van der Waals surface area contributed by atoms with Crippen LogP contribution >= 0.6 is 0 Å². The molecule has 3 aromatic carbocycles. The van der Waals surface area contributed by atoms with Gasteiger partial charge in [0.15, 0.2) is 16.9 Å². The number of esters is 2. The third kappa shape index (κ3) is 4.46. The number of benzene rings is 3. The van der Waals surface area contributed by atoms with E-state index >= 15 is 0 Å². The second-order valence-corrected chi connectivity index (χ2v) is 9.63. The summed E-state index contributed by atoms with van der Waals surface area (Å²) >= 11 is 0. The largest absolute Gasteiger partial charge is 0.493 e. The second-order valence-electron chi connectivity index (χ2n) is 9.63. The number of hydrogen-bond donors (Lipinski definition) is 1. The van der Waals surface area contributed by atoms with Crippen LogP contribution in [-0.4, -0.2) is 57.7 Å². The zero-order chi connectivity index (χ0) is 28.9. The minimum absolute atomic E-state index is 0.0330. The molecule has 1 N–H and O–H groups in total. The fraction of sp³-hybridized carbons (Fsp3) is 0.375. The topological polar surface area (TPSA) is 101 Å². The van der Waals surface area contributed by atoms with Crippen molar-refractivity contribution in [1.82, 2.24) is 0 Å². The van der Waals surface area contributed by atoms with Crippen LogP contribution in [0.5, 0.6) is 17.2 Å². The van der Waals surface area contributed by atoms with E-state index in [1.165, 1.54) is 21.3 Å². The lowest BCUT2D eigenvalue weighted by atomic mass is 9.63. The third-order valence-corrected chi connectivity index (χ3v) is 7.85. The zero-order valence-corrected chi connectivity index (χ0v) is 23.5. The van der Waals surface area contributed by atoms with Crippen LogP contribution in [0.4, 0.5) is 0 Å². The molecule has 8 nitrogen and oxygen atoms in total. The van der Waals surface area contributed by atoms with Crippen LogP contribution in [-0.2, 0) is 24.5 Å². The summed E-state index contributed by atoms with van der Waals surface area (Å²) in [5.41, 5.74) is -1.15. The standard InChI is InChI=1S/C32H36O8/c1-6-39-29(34)31(30(35)40-7-2)20-24(21-18-25(36-3)27(38-5)26(19-21)37-4)32(28(31)33,22-14-10-8-11-15-22)23-16-12-9-13-17-23/h8-19,24,28,33H,6-7,20H2,1-5H3/t24-,28-/m0/s1. The summed E-state index contributed by atoms with van der Waals surface area (Å²) < 4.78 is 27.8. The molecule has 0 unspecified atom stereocenters. The third-order valence-electron chi connectivity index (χ3n) is 7.85. The quantitative estimate of drug-likeness (QED) is 0.289. The van der Waals surface area contributed by atoms with Gasteiger partial charge in [0.05, 0.1) is 46.1 Å². The van der Waals surface area contributed by atoms with Crippen LogP contribution < -0.4 is 14.2 Å². The predicted molar refractivity (Wildman–Crippen MR) is 149 cm³/mol. The van der Waals surface area contributed by atoms with E-state index in [9.17, 15) is 14.7 Å². The van der Waals surface area contributed by atoms with Crippen molar-refractivity contribution in [3.8, 4) is 17.2 Å². The van der Waals surface area contributed by atoms with Crippen LogP contribution in [0.15, 0.2) is 72.8 Å². The fourth-order valence-corrected chi connectivity index (χ4v) is 6.16. The van der Waals surface area contributed by atoms with E-state index in [0.29, 0.717) is 22.8 Å². The Morgan fingerprint density at radius 1 is 0.775 bits per heavy atom. The molecule has 1 fully saturated rings. The van der Waals surface area contributed by atoms with Gasteiger partial charge in [0.1, 0.15) is 0 Å². The smallest absolute Gasteiger partial charge is 0.326 e. The molecule has 0 bridgehead atoms. The number of aliphatic hydroxyl groups excluding tert-OH is 1. The Morgan fingerprint density at radius 3 is 1.60 bits per heavy atom. The summed E-state index contributed by atoms with van der Waals surface area (Å²) in [5.74, 6) is -1.06. The van der Waals surface area contributed by atoms with Crippen LogP contribution in [0, 0.1) is 5.41 Å². The number of hydrogen-bond acceptors (Lipinski definition) is 8. The van der Waals surface area contributed by atoms with Gasteiger partial charge < -0.3 is 28.8 Å². The van der Waals surface area contributed by atoms with Crippen molar-refractivity contribution >= 4 is 11.9 Å². The number of ether oxygens (including phenoxy) is 5. The first-order valence-electron chi connectivity index (χ1n) is 13.3. The molecule has 0 radical (unpaired) electrons. The number of carbonyl (C=O) groups excluding carboxylic acids is 2. The molecule has 212 valence electrons. The minimum atomic E-state index is -2.01. The van der Waals surface area contributed by atoms with Crippen molar-refractivity contribution in [2.24, 2.45) is 5.41 Å². The molecule has 0 aliphatic heterocycles. The van der Waals surface area contributed by atoms with Crippen LogP contribution in [0.25, 0.3) is 0 Å². The Hall–Kier alpha value is -4.04. The predicted octanol–water partition coefficient (Wildman–Crippen LogP) is 4.66. The molecule has 2 atom stereocenters. The summed E-state index contributed by atoms with van der Waals surface area (Å²) in [6.07, 6.45) is -1.64. The summed E-state index contributed by atoms with van der Waals surface area (Å²) in [4.78, 5) is 27.6. The molecule has 0 spiro atoms. The highest BCUT2D eigenvalue weighted by atomic mass is 16.6. The van der Waals surface area contributed by atoms with E-state index in [1.54, 1.807) is 26.0 Å². The van der Waals surface area contributed by atoms with Crippen LogP contribution in [0.3, 0.4) is 0 Å². The van der Waals surface area contributed by atoms with Gasteiger partial charge in [0, 0.05) is 5.92 Å². The first-order chi connectivity index (χ1) is 19.4. The highest BCUT2D eigenvalue weighted by Gasteiger charge is 2.71. The minimum Gasteiger partial charge on any atom is -0.493 e. The highest BCUT2D eigenvalue weighted by Crippen LogP contribution is 2.63. The molecule has 0 saturated heterocycles. The second kappa shape index (κ2) is 12.0. The summed E-state index contributed by atoms with van der Waals surface area (Å²) in [5, 5.41) is 12.5. The van der Waals surface area contributed by atoms with Gasteiger partial charge >= 0.3 is 11.9 Å². The molecule has 4 rings (SSSR count). The van der Waals surface area contributed by atoms with Gasteiger partial charge in [0.2, 0.25) is 5.75 Å². The Kier molecular flexibility index (Phi) is 8.69. The van der Waals surface area contributed by atoms with E-state index < -0.39 is 34.8 Å². The van der Waals surface area contributed by atoms with Gasteiger partial charge in [-0.05, 0) is 49.1 Å². The Labute approximate surface area is 234 Å². The summed E-state index contributed by atoms with van der Waals surface area (Å²) in [7, 11) is 4.56. The van der Waals surface area contributed by atoms with Crippen molar-refractivity contribution in [3.05, 3.63) is 89.5 Å². The maximum Gasteiger partial charge on any atom is 0.326 e. The Bertz CT molecular complexity index is 1240. The first-order valence-corrected chi connectivity index (χ1v) is 13.3. The highest BCUT2D eigenvalue weighted by molar-refractivity contribution is 6.02. The molecule has 0 amide bonds. The molecule has 1 saturated carbocycles. The lowest BCUT2D eigenvalue weighted by Gasteiger charge is -2.41. The van der Waals surface area contributed by atoms with Gasteiger partial charge in [0.25, 0.3) is 0 Å². The molecule has 0 aromatic heterocycles. The molecule has 3 aromatic rings. The van der Waals surface area contributed by atoms with Crippen molar-refractivity contribution in [1.29, 1.82) is 0 Å². The average Bonchev–Trinajstić information content (AvgIpc) is 3.28. The van der Waals surface area contributed by atoms with Crippen molar-refractivity contribution in [2.75, 3.05) is 34.5 Å². The van der Waals surface area contributed by atoms with Crippen LogP contribution in [0.2, 0.25) is 0 Å². The molecule has 8 heteroatoms. The van der Waals surface area contributed by atoms with Gasteiger partial charge in [-0.25, -0.2) is 0 Å². The fourth-order valence-electron chi connectivity index (χ4n) is 6.16. The SMILES string of the molecule is CCOC(=O)C1(C(=O)OCC)C[C@@H](c2cc(OC)c(OC)c(OC)c2)C(c2ccccc2)(c2ccccc2)[C@H]1O.